The lowest BCUT2D eigenvalue weighted by atomic mass is 10.2. The number of furan rings is 1. The number of aromatic carboxylic acids is 1. The van der Waals surface area contributed by atoms with Gasteiger partial charge in [0.05, 0.1) is 0 Å². The van der Waals surface area contributed by atoms with Gasteiger partial charge < -0.3 is 19.6 Å². The molecular formula is C13H19NO5. The molecule has 0 aromatic carbocycles. The minimum atomic E-state index is -1.19. The number of carboxylic acid groups (broad SMARTS) is 1. The Morgan fingerprint density at radius 2 is 2.05 bits per heavy atom. The number of amides is 1. The Balaban J connectivity index is 2.22. The maximum Gasteiger partial charge on any atom is 0.371 e. The first-order chi connectivity index (χ1) is 9.00. The lowest BCUT2D eigenvalue weighted by molar-refractivity contribution is 0.0659. The van der Waals surface area contributed by atoms with Crippen LogP contribution >= 0.6 is 0 Å². The predicted octanol–water partition coefficient (Wildman–Crippen LogP) is 1.77. The third-order valence-electron chi connectivity index (χ3n) is 2.24. The zero-order chi connectivity index (χ0) is 14.3. The van der Waals surface area contributed by atoms with E-state index in [0.717, 1.165) is 0 Å². The summed E-state index contributed by atoms with van der Waals surface area (Å²) in [5.74, 6) is -1.37. The van der Waals surface area contributed by atoms with Crippen LogP contribution in [-0.4, -0.2) is 36.7 Å². The third kappa shape index (κ3) is 5.56. The molecule has 1 aromatic rings. The van der Waals surface area contributed by atoms with Gasteiger partial charge in [-0.25, -0.2) is 4.79 Å². The van der Waals surface area contributed by atoms with Crippen molar-refractivity contribution in [1.29, 1.82) is 0 Å². The molecule has 0 aliphatic heterocycles. The zero-order valence-electron chi connectivity index (χ0n) is 11.1. The van der Waals surface area contributed by atoms with Gasteiger partial charge in [0.2, 0.25) is 5.76 Å². The fourth-order valence-electron chi connectivity index (χ4n) is 1.36. The molecule has 0 radical (unpaired) electrons. The average molecular weight is 269 g/mol. The maximum atomic E-state index is 11.6. The fraction of sp³-hybridized carbons (Fsp3) is 0.538. The van der Waals surface area contributed by atoms with Gasteiger partial charge in [-0.3, -0.25) is 4.79 Å². The van der Waals surface area contributed by atoms with Crippen LogP contribution in [-0.2, 0) is 4.74 Å². The van der Waals surface area contributed by atoms with Crippen LogP contribution in [0, 0.1) is 5.92 Å². The summed E-state index contributed by atoms with van der Waals surface area (Å²) in [6, 6.07) is 2.59. The third-order valence-corrected chi connectivity index (χ3v) is 2.24. The number of hydrogen-bond acceptors (Lipinski definition) is 4. The van der Waals surface area contributed by atoms with Crippen molar-refractivity contribution >= 4 is 11.9 Å². The quantitative estimate of drug-likeness (QED) is 0.702. The molecule has 0 unspecified atom stereocenters. The van der Waals surface area contributed by atoms with E-state index >= 15 is 0 Å². The maximum absolute atomic E-state index is 11.6. The van der Waals surface area contributed by atoms with E-state index in [1.165, 1.54) is 12.1 Å². The monoisotopic (exact) mass is 269 g/mol. The summed E-state index contributed by atoms with van der Waals surface area (Å²) in [7, 11) is 0. The van der Waals surface area contributed by atoms with Crippen LogP contribution in [0.4, 0.5) is 0 Å². The molecular weight excluding hydrogens is 250 g/mol. The Hall–Kier alpha value is -1.82. The van der Waals surface area contributed by atoms with E-state index in [9.17, 15) is 9.59 Å². The van der Waals surface area contributed by atoms with Gasteiger partial charge in [-0.1, -0.05) is 13.8 Å². The topological polar surface area (TPSA) is 88.8 Å². The van der Waals surface area contributed by atoms with Crippen molar-refractivity contribution < 1.29 is 23.8 Å². The molecule has 6 heteroatoms. The zero-order valence-corrected chi connectivity index (χ0v) is 11.1. The molecule has 0 fully saturated rings. The first-order valence-corrected chi connectivity index (χ1v) is 6.19. The van der Waals surface area contributed by atoms with Crippen molar-refractivity contribution in [1.82, 2.24) is 5.32 Å². The number of carbonyl (C=O) groups excluding carboxylic acids is 1. The first-order valence-electron chi connectivity index (χ1n) is 6.19. The van der Waals surface area contributed by atoms with Crippen molar-refractivity contribution in [3.63, 3.8) is 0 Å². The minimum absolute atomic E-state index is 0.000462. The van der Waals surface area contributed by atoms with Crippen molar-refractivity contribution in [2.24, 2.45) is 5.92 Å². The Labute approximate surface area is 111 Å². The molecule has 0 bridgehead atoms. The average Bonchev–Trinajstić information content (AvgIpc) is 2.82. The van der Waals surface area contributed by atoms with Crippen LogP contribution in [0.3, 0.4) is 0 Å². The van der Waals surface area contributed by atoms with Gasteiger partial charge in [-0.2, -0.15) is 0 Å². The molecule has 0 atom stereocenters. The van der Waals surface area contributed by atoms with Crippen LogP contribution in [0.25, 0.3) is 0 Å². The molecule has 1 rings (SSSR count). The number of carboxylic acids is 1. The second-order valence-corrected chi connectivity index (χ2v) is 4.55. The Bertz CT molecular complexity index is 424. The first kappa shape index (κ1) is 15.2. The van der Waals surface area contributed by atoms with E-state index in [1.54, 1.807) is 0 Å². The van der Waals surface area contributed by atoms with Gasteiger partial charge in [0, 0.05) is 19.8 Å². The minimum Gasteiger partial charge on any atom is -0.475 e. The summed E-state index contributed by atoms with van der Waals surface area (Å²) in [4.78, 5) is 22.2. The molecule has 1 aromatic heterocycles. The fourth-order valence-corrected chi connectivity index (χ4v) is 1.36. The number of ether oxygens (including phenoxy) is 1. The summed E-state index contributed by atoms with van der Waals surface area (Å²) in [5.41, 5.74) is 0. The molecule has 2 N–H and O–H groups in total. The van der Waals surface area contributed by atoms with Gasteiger partial charge >= 0.3 is 5.97 Å². The molecule has 19 heavy (non-hydrogen) atoms. The van der Waals surface area contributed by atoms with Crippen LogP contribution < -0.4 is 5.32 Å². The highest BCUT2D eigenvalue weighted by Crippen LogP contribution is 2.07. The van der Waals surface area contributed by atoms with Gasteiger partial charge in [0.25, 0.3) is 5.91 Å². The molecule has 0 saturated heterocycles. The van der Waals surface area contributed by atoms with Gasteiger partial charge in [0.15, 0.2) is 5.76 Å². The highest BCUT2D eigenvalue weighted by atomic mass is 16.5. The summed E-state index contributed by atoms with van der Waals surface area (Å²) in [5, 5.41) is 11.3. The van der Waals surface area contributed by atoms with Crippen LogP contribution in [0.15, 0.2) is 16.5 Å². The van der Waals surface area contributed by atoms with Crippen molar-refractivity contribution in [2.45, 2.75) is 20.3 Å². The van der Waals surface area contributed by atoms with Crippen molar-refractivity contribution in [3.05, 3.63) is 23.7 Å². The van der Waals surface area contributed by atoms with E-state index in [-0.39, 0.29) is 11.5 Å². The molecule has 1 heterocycles. The smallest absolute Gasteiger partial charge is 0.371 e. The highest BCUT2D eigenvalue weighted by Gasteiger charge is 2.14. The summed E-state index contributed by atoms with van der Waals surface area (Å²) in [6.45, 7) is 5.88. The molecule has 0 saturated carbocycles. The molecule has 0 aliphatic carbocycles. The lowest BCUT2D eigenvalue weighted by Crippen LogP contribution is -2.25. The second-order valence-electron chi connectivity index (χ2n) is 4.55. The largest absolute Gasteiger partial charge is 0.475 e. The molecule has 0 aliphatic rings. The standard InChI is InChI=1S/C13H19NO5/c1-9(2)8-18-7-3-6-14-12(15)10-4-5-11(19-10)13(16)17/h4-5,9H,3,6-8H2,1-2H3,(H,14,15)(H,16,17). The highest BCUT2D eigenvalue weighted by molar-refractivity contribution is 5.93. The molecule has 106 valence electrons. The Morgan fingerprint density at radius 3 is 2.63 bits per heavy atom. The molecule has 1 amide bonds. The van der Waals surface area contributed by atoms with Crippen LogP contribution in [0.1, 0.15) is 41.4 Å². The normalized spacial score (nSPS) is 10.7. The van der Waals surface area contributed by atoms with Gasteiger partial charge in [0.1, 0.15) is 0 Å². The van der Waals surface area contributed by atoms with Gasteiger partial charge in [-0.05, 0) is 24.5 Å². The van der Waals surface area contributed by atoms with E-state index in [0.29, 0.717) is 32.1 Å². The predicted molar refractivity (Wildman–Crippen MR) is 68.3 cm³/mol. The summed E-state index contributed by atoms with van der Waals surface area (Å²) < 4.78 is 10.2. The number of rotatable bonds is 8. The van der Waals surface area contributed by atoms with Crippen LogP contribution in [0.5, 0.6) is 0 Å². The summed E-state index contributed by atoms with van der Waals surface area (Å²) in [6.07, 6.45) is 0.699. The number of nitrogens with one attached hydrogen (secondary N) is 1. The van der Waals surface area contributed by atoms with Crippen molar-refractivity contribution in [3.8, 4) is 0 Å². The van der Waals surface area contributed by atoms with Crippen molar-refractivity contribution in [2.75, 3.05) is 19.8 Å². The Kier molecular flexibility index (Phi) is 6.08. The molecule has 0 spiro atoms. The van der Waals surface area contributed by atoms with Gasteiger partial charge in [-0.15, -0.1) is 0 Å². The summed E-state index contributed by atoms with van der Waals surface area (Å²) >= 11 is 0. The van der Waals surface area contributed by atoms with E-state index < -0.39 is 11.9 Å². The lowest BCUT2D eigenvalue weighted by Gasteiger charge is -2.07. The van der Waals surface area contributed by atoms with E-state index in [2.05, 4.69) is 19.2 Å². The SMILES string of the molecule is CC(C)COCCCNC(=O)c1ccc(C(=O)O)o1. The molecule has 6 nitrogen and oxygen atoms in total. The number of hydrogen-bond donors (Lipinski definition) is 2. The van der Waals surface area contributed by atoms with E-state index in [4.69, 9.17) is 14.3 Å². The van der Waals surface area contributed by atoms with Crippen LogP contribution in [0.2, 0.25) is 0 Å². The number of carbonyl (C=O) groups is 2. The van der Waals surface area contributed by atoms with E-state index in [1.807, 2.05) is 0 Å². The Morgan fingerprint density at radius 1 is 1.37 bits per heavy atom. The second kappa shape index (κ2) is 7.58.